The van der Waals surface area contributed by atoms with E-state index < -0.39 is 11.8 Å². The van der Waals surface area contributed by atoms with Crippen molar-refractivity contribution in [2.45, 2.75) is 6.42 Å². The molecule has 2 N–H and O–H groups in total. The van der Waals surface area contributed by atoms with E-state index in [0.717, 1.165) is 11.8 Å². The molecular formula is C19H15FN4O3S2. The lowest BCUT2D eigenvalue weighted by Crippen LogP contribution is -2.43. The van der Waals surface area contributed by atoms with Gasteiger partial charge in [-0.2, -0.15) is 0 Å². The van der Waals surface area contributed by atoms with Crippen molar-refractivity contribution in [3.05, 3.63) is 70.6 Å². The summed E-state index contributed by atoms with van der Waals surface area (Å²) in [6.45, 7) is 0.0695. The molecule has 3 rings (SSSR count). The van der Waals surface area contributed by atoms with E-state index in [1.807, 2.05) is 0 Å². The molecule has 29 heavy (non-hydrogen) atoms. The molecule has 1 aromatic carbocycles. The Labute approximate surface area is 175 Å². The minimum atomic E-state index is -0.501. The van der Waals surface area contributed by atoms with Crippen molar-refractivity contribution in [1.82, 2.24) is 20.7 Å². The largest absolute Gasteiger partial charge is 0.292 e. The van der Waals surface area contributed by atoms with E-state index >= 15 is 0 Å². The average Bonchev–Trinajstić information content (AvgIpc) is 2.99. The van der Waals surface area contributed by atoms with Crippen LogP contribution in [0.5, 0.6) is 0 Å². The molecule has 0 spiro atoms. The number of halogens is 1. The lowest BCUT2D eigenvalue weighted by atomic mass is 10.2. The standard InChI is InChI=1S/C19H15FN4O3S2/c20-14-5-3-12(4-6-14)10-15-18(27)24(19(28)29-15)9-7-16(25)22-23-17(26)13-2-1-8-21-11-13/h1-6,8,10-11H,7,9H2,(H,22,25)(H,23,26)/b15-10+. The molecule has 0 aliphatic carbocycles. The molecule has 7 nitrogen and oxygen atoms in total. The Hall–Kier alpha value is -3.11. The van der Waals surface area contributed by atoms with Crippen molar-refractivity contribution in [3.8, 4) is 0 Å². The van der Waals surface area contributed by atoms with Gasteiger partial charge in [-0.25, -0.2) is 4.39 Å². The number of nitrogens with zero attached hydrogens (tertiary/aromatic N) is 2. The highest BCUT2D eigenvalue weighted by Gasteiger charge is 2.32. The normalized spacial score (nSPS) is 14.9. The van der Waals surface area contributed by atoms with Gasteiger partial charge in [0.05, 0.1) is 10.5 Å². The van der Waals surface area contributed by atoms with Crippen LogP contribution in [0.2, 0.25) is 0 Å². The van der Waals surface area contributed by atoms with Gasteiger partial charge < -0.3 is 0 Å². The first-order valence-electron chi connectivity index (χ1n) is 8.44. The minimum Gasteiger partial charge on any atom is -0.292 e. The zero-order valence-corrected chi connectivity index (χ0v) is 16.6. The number of pyridine rings is 1. The van der Waals surface area contributed by atoms with Crippen LogP contribution in [0.15, 0.2) is 53.7 Å². The first-order valence-corrected chi connectivity index (χ1v) is 9.66. The van der Waals surface area contributed by atoms with Gasteiger partial charge in [0, 0.05) is 25.4 Å². The van der Waals surface area contributed by atoms with Crippen LogP contribution < -0.4 is 10.9 Å². The molecule has 1 fully saturated rings. The summed E-state index contributed by atoms with van der Waals surface area (Å²) in [5.41, 5.74) is 5.54. The summed E-state index contributed by atoms with van der Waals surface area (Å²) in [5, 5.41) is 0. The lowest BCUT2D eigenvalue weighted by Gasteiger charge is -2.14. The van der Waals surface area contributed by atoms with Crippen LogP contribution in [0.3, 0.4) is 0 Å². The molecule has 0 saturated carbocycles. The van der Waals surface area contributed by atoms with Crippen LogP contribution in [-0.2, 0) is 9.59 Å². The zero-order valence-electron chi connectivity index (χ0n) is 14.9. The van der Waals surface area contributed by atoms with E-state index in [2.05, 4.69) is 15.8 Å². The van der Waals surface area contributed by atoms with Gasteiger partial charge in [-0.05, 0) is 35.9 Å². The predicted molar refractivity (Wildman–Crippen MR) is 111 cm³/mol. The number of carbonyl (C=O) groups is 3. The second kappa shape index (κ2) is 9.39. The summed E-state index contributed by atoms with van der Waals surface area (Å²) in [6.07, 6.45) is 4.47. The Morgan fingerprint density at radius 2 is 1.97 bits per heavy atom. The Bertz CT molecular complexity index is 981. The molecule has 1 aliphatic rings. The van der Waals surface area contributed by atoms with Gasteiger partial charge in [-0.3, -0.25) is 35.1 Å². The number of benzene rings is 1. The number of hydrogen-bond acceptors (Lipinski definition) is 6. The number of thioether (sulfide) groups is 1. The molecule has 2 aromatic rings. The van der Waals surface area contributed by atoms with E-state index in [-0.39, 0.29) is 24.7 Å². The van der Waals surface area contributed by atoms with Crippen molar-refractivity contribution in [3.63, 3.8) is 0 Å². The molecule has 0 unspecified atom stereocenters. The Morgan fingerprint density at radius 1 is 1.21 bits per heavy atom. The summed E-state index contributed by atoms with van der Waals surface area (Å²) in [6, 6.07) is 8.88. The number of hydrogen-bond donors (Lipinski definition) is 2. The maximum atomic E-state index is 13.0. The maximum absolute atomic E-state index is 13.0. The molecule has 10 heteroatoms. The summed E-state index contributed by atoms with van der Waals surface area (Å²) in [7, 11) is 0. The van der Waals surface area contributed by atoms with Gasteiger partial charge in [0.25, 0.3) is 11.8 Å². The van der Waals surface area contributed by atoms with Crippen molar-refractivity contribution >= 4 is 52.1 Å². The molecule has 2 heterocycles. The monoisotopic (exact) mass is 430 g/mol. The predicted octanol–water partition coefficient (Wildman–Crippen LogP) is 2.27. The van der Waals surface area contributed by atoms with Crippen molar-refractivity contribution in [2.24, 2.45) is 0 Å². The fraction of sp³-hybridized carbons (Fsp3) is 0.105. The number of rotatable bonds is 5. The number of amides is 3. The third kappa shape index (κ3) is 5.46. The van der Waals surface area contributed by atoms with Gasteiger partial charge in [0.2, 0.25) is 5.91 Å². The highest BCUT2D eigenvalue weighted by Crippen LogP contribution is 2.32. The molecular weight excluding hydrogens is 415 g/mol. The molecule has 1 aromatic heterocycles. The van der Waals surface area contributed by atoms with Gasteiger partial charge in [-0.15, -0.1) is 0 Å². The van der Waals surface area contributed by atoms with Crippen LogP contribution in [0, 0.1) is 5.82 Å². The molecule has 1 saturated heterocycles. The molecule has 0 bridgehead atoms. The Balaban J connectivity index is 1.51. The van der Waals surface area contributed by atoms with Crippen molar-refractivity contribution < 1.29 is 18.8 Å². The third-order valence-electron chi connectivity index (χ3n) is 3.84. The Morgan fingerprint density at radius 3 is 2.66 bits per heavy atom. The highest BCUT2D eigenvalue weighted by molar-refractivity contribution is 8.26. The third-order valence-corrected chi connectivity index (χ3v) is 5.22. The van der Waals surface area contributed by atoms with Crippen LogP contribution in [0.25, 0.3) is 6.08 Å². The summed E-state index contributed by atoms with van der Waals surface area (Å²) >= 11 is 6.33. The van der Waals surface area contributed by atoms with E-state index in [1.165, 1.54) is 29.4 Å². The lowest BCUT2D eigenvalue weighted by molar-refractivity contribution is -0.124. The fourth-order valence-corrected chi connectivity index (χ4v) is 3.68. The summed E-state index contributed by atoms with van der Waals surface area (Å²) in [5.74, 6) is -1.66. The molecule has 148 valence electrons. The first kappa shape index (κ1) is 20.6. The van der Waals surface area contributed by atoms with E-state index in [4.69, 9.17) is 12.2 Å². The Kier molecular flexibility index (Phi) is 6.68. The molecule has 0 atom stereocenters. The average molecular weight is 430 g/mol. The van der Waals surface area contributed by atoms with Crippen LogP contribution >= 0.6 is 24.0 Å². The smallest absolute Gasteiger partial charge is 0.271 e. The summed E-state index contributed by atoms with van der Waals surface area (Å²) < 4.78 is 13.3. The van der Waals surface area contributed by atoms with Crippen LogP contribution in [0.4, 0.5) is 4.39 Å². The SMILES string of the molecule is O=C(CCN1C(=O)/C(=C\c2ccc(F)cc2)SC1=S)NNC(=O)c1cccnc1. The number of aromatic nitrogens is 1. The van der Waals surface area contributed by atoms with E-state index in [9.17, 15) is 18.8 Å². The molecule has 3 amide bonds. The fourth-order valence-electron chi connectivity index (χ4n) is 2.37. The van der Waals surface area contributed by atoms with Crippen LogP contribution in [0.1, 0.15) is 22.3 Å². The van der Waals surface area contributed by atoms with E-state index in [1.54, 1.807) is 30.3 Å². The zero-order chi connectivity index (χ0) is 20.8. The number of nitrogens with one attached hydrogen (secondary N) is 2. The van der Waals surface area contributed by atoms with Gasteiger partial charge in [0.15, 0.2) is 0 Å². The first-order chi connectivity index (χ1) is 13.9. The second-order valence-corrected chi connectivity index (χ2v) is 7.55. The quantitative estimate of drug-likeness (QED) is 0.430. The number of thiocarbonyl (C=S) groups is 1. The number of hydrazine groups is 1. The highest BCUT2D eigenvalue weighted by atomic mass is 32.2. The maximum Gasteiger partial charge on any atom is 0.271 e. The summed E-state index contributed by atoms with van der Waals surface area (Å²) in [4.78, 5) is 41.9. The van der Waals surface area contributed by atoms with Crippen LogP contribution in [-0.4, -0.2) is 38.5 Å². The van der Waals surface area contributed by atoms with Gasteiger partial charge in [0.1, 0.15) is 10.1 Å². The van der Waals surface area contributed by atoms with Crippen molar-refractivity contribution in [1.29, 1.82) is 0 Å². The van der Waals surface area contributed by atoms with Gasteiger partial charge in [-0.1, -0.05) is 36.1 Å². The molecule has 0 radical (unpaired) electrons. The topological polar surface area (TPSA) is 91.4 Å². The molecule has 1 aliphatic heterocycles. The minimum absolute atomic E-state index is 0.0520. The van der Waals surface area contributed by atoms with Gasteiger partial charge >= 0.3 is 0 Å². The number of carbonyl (C=O) groups excluding carboxylic acids is 3. The second-order valence-electron chi connectivity index (χ2n) is 5.88. The van der Waals surface area contributed by atoms with Crippen molar-refractivity contribution in [2.75, 3.05) is 6.54 Å². The van der Waals surface area contributed by atoms with E-state index in [0.29, 0.717) is 20.4 Å².